The monoisotopic (exact) mass is 338 g/mol. The maximum Gasteiger partial charge on any atom is 0.418 e. The predicted octanol–water partition coefficient (Wildman–Crippen LogP) is 3.53. The van der Waals surface area contributed by atoms with Gasteiger partial charge in [0.25, 0.3) is 0 Å². The molecular weight excluding hydrogens is 325 g/mol. The third kappa shape index (κ3) is 4.74. The third-order valence-corrected chi connectivity index (χ3v) is 2.87. The highest BCUT2D eigenvalue weighted by Crippen LogP contribution is 2.37. The molecule has 1 rings (SSSR count). The first kappa shape index (κ1) is 15.8. The van der Waals surface area contributed by atoms with Crippen LogP contribution in [0.2, 0.25) is 0 Å². The average molecular weight is 339 g/mol. The number of benzene rings is 1. The van der Waals surface area contributed by atoms with E-state index >= 15 is 0 Å². The zero-order valence-electron chi connectivity index (χ0n) is 10.4. The number of hydrogen-bond acceptors (Lipinski definition) is 2. The second-order valence-electron chi connectivity index (χ2n) is 4.84. The predicted molar refractivity (Wildman–Crippen MR) is 70.7 cm³/mol. The Bertz CT molecular complexity index is 486. The van der Waals surface area contributed by atoms with Gasteiger partial charge < -0.3 is 11.1 Å². The summed E-state index contributed by atoms with van der Waals surface area (Å²) >= 11 is 3.01. The molecule has 3 N–H and O–H groups in total. The first-order chi connectivity index (χ1) is 8.51. The molecule has 0 atom stereocenters. The number of nitrogens with one attached hydrogen (secondary N) is 1. The first-order valence-electron chi connectivity index (χ1n) is 5.44. The molecule has 0 fully saturated rings. The topological polar surface area (TPSA) is 55.1 Å². The van der Waals surface area contributed by atoms with E-state index in [9.17, 15) is 18.0 Å². The Morgan fingerprint density at radius 1 is 1.37 bits per heavy atom. The fraction of sp³-hybridized carbons (Fsp3) is 0.417. The van der Waals surface area contributed by atoms with Crippen LogP contribution in [0.4, 0.5) is 18.9 Å². The summed E-state index contributed by atoms with van der Waals surface area (Å²) in [6, 6.07) is 3.80. The number of anilines is 1. The molecule has 0 saturated carbocycles. The Kier molecular flexibility index (Phi) is 4.50. The van der Waals surface area contributed by atoms with E-state index < -0.39 is 23.2 Å². The SMILES string of the molecule is CC(C)(CC(N)=O)Nc1ccc(Br)cc1C(F)(F)F. The Morgan fingerprint density at radius 2 is 1.95 bits per heavy atom. The summed E-state index contributed by atoms with van der Waals surface area (Å²) in [5.74, 6) is -0.580. The van der Waals surface area contributed by atoms with Crippen molar-refractivity contribution in [1.29, 1.82) is 0 Å². The van der Waals surface area contributed by atoms with Crippen molar-refractivity contribution < 1.29 is 18.0 Å². The Labute approximate surface area is 117 Å². The van der Waals surface area contributed by atoms with Gasteiger partial charge in [0.05, 0.1) is 5.56 Å². The number of amides is 1. The first-order valence-corrected chi connectivity index (χ1v) is 6.24. The number of alkyl halides is 3. The van der Waals surface area contributed by atoms with Crippen LogP contribution < -0.4 is 11.1 Å². The zero-order chi connectivity index (χ0) is 14.8. The van der Waals surface area contributed by atoms with E-state index in [1.807, 2.05) is 0 Å². The summed E-state index contributed by atoms with van der Waals surface area (Å²) in [7, 11) is 0. The molecule has 0 saturated heterocycles. The van der Waals surface area contributed by atoms with E-state index in [4.69, 9.17) is 5.73 Å². The molecule has 1 aromatic carbocycles. The molecule has 0 aliphatic heterocycles. The largest absolute Gasteiger partial charge is 0.418 e. The minimum Gasteiger partial charge on any atom is -0.379 e. The molecule has 0 bridgehead atoms. The van der Waals surface area contributed by atoms with Crippen LogP contribution in [0.15, 0.2) is 22.7 Å². The van der Waals surface area contributed by atoms with Gasteiger partial charge in [0.1, 0.15) is 0 Å². The van der Waals surface area contributed by atoms with Crippen LogP contribution in [0, 0.1) is 0 Å². The highest BCUT2D eigenvalue weighted by Gasteiger charge is 2.35. The van der Waals surface area contributed by atoms with Gasteiger partial charge in [-0.2, -0.15) is 13.2 Å². The maximum atomic E-state index is 12.9. The minimum absolute atomic E-state index is 0.0691. The molecule has 1 amide bonds. The van der Waals surface area contributed by atoms with E-state index in [-0.39, 0.29) is 12.1 Å². The van der Waals surface area contributed by atoms with Crippen LogP contribution in [0.3, 0.4) is 0 Å². The number of hydrogen-bond donors (Lipinski definition) is 2. The number of carbonyl (C=O) groups excluding carboxylic acids is 1. The molecule has 0 spiro atoms. The van der Waals surface area contributed by atoms with Crippen molar-refractivity contribution in [2.45, 2.75) is 32.0 Å². The molecule has 3 nitrogen and oxygen atoms in total. The molecule has 0 aliphatic carbocycles. The Morgan fingerprint density at radius 3 is 2.42 bits per heavy atom. The van der Waals surface area contributed by atoms with Crippen molar-refractivity contribution >= 4 is 27.5 Å². The second kappa shape index (κ2) is 5.40. The lowest BCUT2D eigenvalue weighted by Crippen LogP contribution is -2.36. The van der Waals surface area contributed by atoms with Crippen molar-refractivity contribution in [3.63, 3.8) is 0 Å². The van der Waals surface area contributed by atoms with Crippen LogP contribution in [0.1, 0.15) is 25.8 Å². The van der Waals surface area contributed by atoms with Crippen molar-refractivity contribution in [2.75, 3.05) is 5.32 Å². The number of carbonyl (C=O) groups is 1. The number of halogens is 4. The Hall–Kier alpha value is -1.24. The van der Waals surface area contributed by atoms with Crippen LogP contribution in [0.25, 0.3) is 0 Å². The van der Waals surface area contributed by atoms with E-state index in [0.717, 1.165) is 6.07 Å². The van der Waals surface area contributed by atoms with E-state index in [0.29, 0.717) is 4.47 Å². The van der Waals surface area contributed by atoms with Gasteiger partial charge in [-0.05, 0) is 32.0 Å². The molecule has 19 heavy (non-hydrogen) atoms. The average Bonchev–Trinajstić information content (AvgIpc) is 2.16. The van der Waals surface area contributed by atoms with Gasteiger partial charge in [0, 0.05) is 22.1 Å². The minimum atomic E-state index is -4.48. The molecule has 0 radical (unpaired) electrons. The summed E-state index contributed by atoms with van der Waals surface area (Å²) in [5.41, 5.74) is 3.34. The van der Waals surface area contributed by atoms with Crippen LogP contribution in [-0.2, 0) is 11.0 Å². The summed E-state index contributed by atoms with van der Waals surface area (Å²) in [4.78, 5) is 10.9. The van der Waals surface area contributed by atoms with Gasteiger partial charge >= 0.3 is 6.18 Å². The highest BCUT2D eigenvalue weighted by atomic mass is 79.9. The van der Waals surface area contributed by atoms with Gasteiger partial charge in [-0.25, -0.2) is 0 Å². The summed E-state index contributed by atoms with van der Waals surface area (Å²) in [6.45, 7) is 3.22. The molecule has 0 aromatic heterocycles. The summed E-state index contributed by atoms with van der Waals surface area (Å²) < 4.78 is 39.1. The molecule has 0 unspecified atom stereocenters. The summed E-state index contributed by atoms with van der Waals surface area (Å²) in [5, 5.41) is 2.71. The van der Waals surface area contributed by atoms with E-state index in [1.165, 1.54) is 12.1 Å². The van der Waals surface area contributed by atoms with E-state index in [1.54, 1.807) is 13.8 Å². The number of rotatable bonds is 4. The van der Waals surface area contributed by atoms with Gasteiger partial charge in [-0.1, -0.05) is 15.9 Å². The zero-order valence-corrected chi connectivity index (χ0v) is 12.0. The third-order valence-electron chi connectivity index (χ3n) is 2.38. The molecule has 0 aliphatic rings. The van der Waals surface area contributed by atoms with Crippen molar-refractivity contribution in [2.24, 2.45) is 5.73 Å². The standard InChI is InChI=1S/C12H14BrF3N2O/c1-11(2,6-10(17)19)18-9-4-3-7(13)5-8(9)12(14,15)16/h3-5,18H,6H2,1-2H3,(H2,17,19). The number of primary amides is 1. The maximum absolute atomic E-state index is 12.9. The molecule has 106 valence electrons. The smallest absolute Gasteiger partial charge is 0.379 e. The van der Waals surface area contributed by atoms with Gasteiger partial charge in [-0.3, -0.25) is 4.79 Å². The van der Waals surface area contributed by atoms with Gasteiger partial charge in [-0.15, -0.1) is 0 Å². The van der Waals surface area contributed by atoms with Crippen LogP contribution in [-0.4, -0.2) is 11.4 Å². The quantitative estimate of drug-likeness (QED) is 0.882. The number of nitrogens with two attached hydrogens (primary N) is 1. The van der Waals surface area contributed by atoms with Gasteiger partial charge in [0.2, 0.25) is 5.91 Å². The summed E-state index contributed by atoms with van der Waals surface area (Å²) in [6.07, 6.45) is -4.55. The van der Waals surface area contributed by atoms with Crippen molar-refractivity contribution in [3.8, 4) is 0 Å². The lowest BCUT2D eigenvalue weighted by molar-refractivity contribution is -0.137. The van der Waals surface area contributed by atoms with Crippen molar-refractivity contribution in [1.82, 2.24) is 0 Å². The lowest BCUT2D eigenvalue weighted by atomic mass is 9.99. The molecular formula is C12H14BrF3N2O. The highest BCUT2D eigenvalue weighted by molar-refractivity contribution is 9.10. The van der Waals surface area contributed by atoms with Crippen LogP contribution in [0.5, 0.6) is 0 Å². The molecule has 7 heteroatoms. The van der Waals surface area contributed by atoms with E-state index in [2.05, 4.69) is 21.2 Å². The van der Waals surface area contributed by atoms with Crippen LogP contribution >= 0.6 is 15.9 Å². The normalized spacial score (nSPS) is 12.3. The van der Waals surface area contributed by atoms with Gasteiger partial charge in [0.15, 0.2) is 0 Å². The lowest BCUT2D eigenvalue weighted by Gasteiger charge is -2.28. The van der Waals surface area contributed by atoms with Crippen molar-refractivity contribution in [3.05, 3.63) is 28.2 Å². The Balaban J connectivity index is 3.11. The molecule has 1 aromatic rings. The second-order valence-corrected chi connectivity index (χ2v) is 5.76. The fourth-order valence-corrected chi connectivity index (χ4v) is 2.07. The fourth-order valence-electron chi connectivity index (χ4n) is 1.70. The molecule has 0 heterocycles.